The summed E-state index contributed by atoms with van der Waals surface area (Å²) in [6, 6.07) is 5.40. The number of aromatic carboxylic acids is 1. The van der Waals surface area contributed by atoms with Crippen molar-refractivity contribution < 1.29 is 15.0 Å². The summed E-state index contributed by atoms with van der Waals surface area (Å²) >= 11 is 1.51. The molecule has 4 nitrogen and oxygen atoms in total. The molecule has 0 saturated carbocycles. The quantitative estimate of drug-likeness (QED) is 0.515. The van der Waals surface area contributed by atoms with E-state index in [-0.39, 0.29) is 6.61 Å². The predicted octanol–water partition coefficient (Wildman–Crippen LogP) is 2.29. The Morgan fingerprint density at radius 2 is 2.24 bits per heavy atom. The SMILES string of the molecule is CCSc1cccc(NCCCO)c1C(=O)O. The van der Waals surface area contributed by atoms with Crippen LogP contribution in [0, 0.1) is 0 Å². The first-order valence-electron chi connectivity index (χ1n) is 5.54. The molecule has 0 aliphatic heterocycles. The average Bonchev–Trinajstić information content (AvgIpc) is 2.29. The fourth-order valence-corrected chi connectivity index (χ4v) is 2.30. The van der Waals surface area contributed by atoms with Gasteiger partial charge in [-0.05, 0) is 24.3 Å². The van der Waals surface area contributed by atoms with Crippen molar-refractivity contribution >= 4 is 23.4 Å². The zero-order valence-electron chi connectivity index (χ0n) is 9.77. The van der Waals surface area contributed by atoms with E-state index in [2.05, 4.69) is 5.32 Å². The van der Waals surface area contributed by atoms with Crippen LogP contribution in [0.2, 0.25) is 0 Å². The molecule has 94 valence electrons. The Balaban J connectivity index is 2.94. The molecule has 0 aromatic heterocycles. The molecule has 5 heteroatoms. The molecule has 0 bridgehead atoms. The van der Waals surface area contributed by atoms with E-state index < -0.39 is 5.97 Å². The number of nitrogens with one attached hydrogen (secondary N) is 1. The summed E-state index contributed by atoms with van der Waals surface area (Å²) in [5.74, 6) is -0.0894. The third-order valence-corrected chi connectivity index (χ3v) is 3.13. The van der Waals surface area contributed by atoms with Crippen molar-refractivity contribution in [1.82, 2.24) is 0 Å². The fourth-order valence-electron chi connectivity index (χ4n) is 1.48. The van der Waals surface area contributed by atoms with Crippen molar-refractivity contribution in [3.63, 3.8) is 0 Å². The first-order valence-corrected chi connectivity index (χ1v) is 6.53. The number of hydrogen-bond acceptors (Lipinski definition) is 4. The van der Waals surface area contributed by atoms with E-state index in [0.29, 0.717) is 24.2 Å². The lowest BCUT2D eigenvalue weighted by Gasteiger charge is -2.12. The Labute approximate surface area is 105 Å². The highest BCUT2D eigenvalue weighted by Gasteiger charge is 2.14. The van der Waals surface area contributed by atoms with Gasteiger partial charge in [-0.1, -0.05) is 13.0 Å². The van der Waals surface area contributed by atoms with E-state index >= 15 is 0 Å². The van der Waals surface area contributed by atoms with Gasteiger partial charge in [-0.3, -0.25) is 0 Å². The summed E-state index contributed by atoms with van der Waals surface area (Å²) in [6.07, 6.45) is 0.601. The number of anilines is 1. The minimum atomic E-state index is -0.923. The summed E-state index contributed by atoms with van der Waals surface area (Å²) in [7, 11) is 0. The van der Waals surface area contributed by atoms with E-state index in [1.165, 1.54) is 11.8 Å². The third-order valence-electron chi connectivity index (χ3n) is 2.19. The lowest BCUT2D eigenvalue weighted by atomic mass is 10.1. The first kappa shape index (κ1) is 13.9. The molecule has 0 saturated heterocycles. The van der Waals surface area contributed by atoms with Gasteiger partial charge in [0, 0.05) is 23.7 Å². The molecule has 3 N–H and O–H groups in total. The van der Waals surface area contributed by atoms with Crippen molar-refractivity contribution in [1.29, 1.82) is 0 Å². The van der Waals surface area contributed by atoms with Crippen molar-refractivity contribution in [3.05, 3.63) is 23.8 Å². The van der Waals surface area contributed by atoms with Crippen molar-refractivity contribution in [2.45, 2.75) is 18.2 Å². The van der Waals surface area contributed by atoms with Gasteiger partial charge in [-0.15, -0.1) is 11.8 Å². The lowest BCUT2D eigenvalue weighted by Crippen LogP contribution is -2.09. The van der Waals surface area contributed by atoms with Crippen LogP contribution >= 0.6 is 11.8 Å². The number of carboxylic acid groups (broad SMARTS) is 1. The van der Waals surface area contributed by atoms with E-state index in [1.807, 2.05) is 19.1 Å². The van der Waals surface area contributed by atoms with Gasteiger partial charge in [0.15, 0.2) is 0 Å². The topological polar surface area (TPSA) is 69.6 Å². The van der Waals surface area contributed by atoms with Crippen LogP contribution in [0.4, 0.5) is 5.69 Å². The largest absolute Gasteiger partial charge is 0.478 e. The molecule has 0 unspecified atom stereocenters. The minimum Gasteiger partial charge on any atom is -0.478 e. The predicted molar refractivity (Wildman–Crippen MR) is 70.0 cm³/mol. The van der Waals surface area contributed by atoms with Gasteiger partial charge < -0.3 is 15.5 Å². The number of aliphatic hydroxyl groups excluding tert-OH is 1. The maximum absolute atomic E-state index is 11.2. The molecule has 0 fully saturated rings. The Morgan fingerprint density at radius 1 is 1.47 bits per heavy atom. The molecule has 1 aromatic rings. The lowest BCUT2D eigenvalue weighted by molar-refractivity contribution is 0.0694. The molecular weight excluding hydrogens is 238 g/mol. The van der Waals surface area contributed by atoms with E-state index in [0.717, 1.165) is 10.6 Å². The molecule has 0 radical (unpaired) electrons. The molecule has 17 heavy (non-hydrogen) atoms. The molecule has 1 aromatic carbocycles. The Hall–Kier alpha value is -1.20. The summed E-state index contributed by atoms with van der Waals surface area (Å²) in [4.78, 5) is 12.0. The highest BCUT2D eigenvalue weighted by atomic mass is 32.2. The van der Waals surface area contributed by atoms with E-state index in [9.17, 15) is 9.90 Å². The number of rotatable bonds is 7. The highest BCUT2D eigenvalue weighted by Crippen LogP contribution is 2.28. The summed E-state index contributed by atoms with van der Waals surface area (Å²) in [5.41, 5.74) is 0.932. The van der Waals surface area contributed by atoms with Gasteiger partial charge in [0.05, 0.1) is 5.56 Å². The normalized spacial score (nSPS) is 10.2. The standard InChI is InChI=1S/C12H17NO3S/c1-2-17-10-6-3-5-9(11(10)12(15)16)13-7-4-8-14/h3,5-6,13-14H,2,4,7-8H2,1H3,(H,15,16). The third kappa shape index (κ3) is 3.94. The molecule has 0 spiro atoms. The Bertz CT molecular complexity index is 382. The van der Waals surface area contributed by atoms with Crippen LogP contribution in [0.3, 0.4) is 0 Å². The second kappa shape index (κ2) is 7.19. The first-order chi connectivity index (χ1) is 8.20. The van der Waals surface area contributed by atoms with Crippen LogP contribution in [-0.2, 0) is 0 Å². The Morgan fingerprint density at radius 3 is 2.82 bits per heavy atom. The molecule has 0 aliphatic carbocycles. The molecule has 0 amide bonds. The minimum absolute atomic E-state index is 0.0960. The summed E-state index contributed by atoms with van der Waals surface area (Å²) < 4.78 is 0. The average molecular weight is 255 g/mol. The maximum atomic E-state index is 11.2. The van der Waals surface area contributed by atoms with Gasteiger partial charge in [0.25, 0.3) is 0 Å². The number of carboxylic acids is 1. The number of carbonyl (C=O) groups is 1. The summed E-state index contributed by atoms with van der Waals surface area (Å²) in [5, 5.41) is 21.0. The molecule has 0 aliphatic rings. The van der Waals surface area contributed by atoms with Gasteiger partial charge in [-0.25, -0.2) is 4.79 Å². The van der Waals surface area contributed by atoms with Crippen molar-refractivity contribution in [2.75, 3.05) is 24.2 Å². The number of benzene rings is 1. The van der Waals surface area contributed by atoms with Crippen molar-refractivity contribution in [2.24, 2.45) is 0 Å². The number of thioether (sulfide) groups is 1. The van der Waals surface area contributed by atoms with E-state index in [1.54, 1.807) is 6.07 Å². The molecular formula is C12H17NO3S. The van der Waals surface area contributed by atoms with Crippen LogP contribution in [0.15, 0.2) is 23.1 Å². The van der Waals surface area contributed by atoms with Crippen LogP contribution in [0.25, 0.3) is 0 Å². The van der Waals surface area contributed by atoms with Gasteiger partial charge in [0.1, 0.15) is 0 Å². The molecule has 1 rings (SSSR count). The van der Waals surface area contributed by atoms with Crippen molar-refractivity contribution in [3.8, 4) is 0 Å². The number of hydrogen-bond donors (Lipinski definition) is 3. The van der Waals surface area contributed by atoms with E-state index in [4.69, 9.17) is 5.11 Å². The van der Waals surface area contributed by atoms with Crippen LogP contribution in [-0.4, -0.2) is 35.1 Å². The van der Waals surface area contributed by atoms with Gasteiger partial charge in [-0.2, -0.15) is 0 Å². The van der Waals surface area contributed by atoms with Crippen LogP contribution < -0.4 is 5.32 Å². The Kier molecular flexibility index (Phi) is 5.86. The van der Waals surface area contributed by atoms with Gasteiger partial charge >= 0.3 is 5.97 Å². The zero-order valence-corrected chi connectivity index (χ0v) is 10.6. The second-order valence-electron chi connectivity index (χ2n) is 3.42. The number of aliphatic hydroxyl groups is 1. The summed E-state index contributed by atoms with van der Waals surface area (Å²) in [6.45, 7) is 2.65. The van der Waals surface area contributed by atoms with Gasteiger partial charge in [0.2, 0.25) is 0 Å². The second-order valence-corrected chi connectivity index (χ2v) is 4.73. The highest BCUT2D eigenvalue weighted by molar-refractivity contribution is 7.99. The van der Waals surface area contributed by atoms with Crippen LogP contribution in [0.5, 0.6) is 0 Å². The van der Waals surface area contributed by atoms with Crippen LogP contribution in [0.1, 0.15) is 23.7 Å². The fraction of sp³-hybridized carbons (Fsp3) is 0.417. The molecule has 0 atom stereocenters. The smallest absolute Gasteiger partial charge is 0.338 e. The maximum Gasteiger partial charge on any atom is 0.338 e. The molecule has 0 heterocycles. The monoisotopic (exact) mass is 255 g/mol. The zero-order chi connectivity index (χ0) is 12.7.